The highest BCUT2D eigenvalue weighted by molar-refractivity contribution is 5.94. The minimum atomic E-state index is -0.532. The molecule has 5 heteroatoms. The normalized spacial score (nSPS) is 10.4. The summed E-state index contributed by atoms with van der Waals surface area (Å²) in [6, 6.07) is 11.2. The molecule has 0 aliphatic heterocycles. The van der Waals surface area contributed by atoms with Gasteiger partial charge in [0.05, 0.1) is 12.2 Å². The van der Waals surface area contributed by atoms with E-state index < -0.39 is 6.67 Å². The molecule has 88 valence electrons. The summed E-state index contributed by atoms with van der Waals surface area (Å²) in [5, 5.41) is 11.7. The standard InChI is InChI=1S/C12H13FN4/c13-6-7-17-11(12(14)15)8-10(16-17)9-4-2-1-3-5-9/h1-5,8H,6-7H2,(H3,14,15). The molecule has 0 unspecified atom stereocenters. The molecule has 1 aromatic carbocycles. The summed E-state index contributed by atoms with van der Waals surface area (Å²) in [5.41, 5.74) is 7.50. The maximum atomic E-state index is 12.4. The number of aromatic nitrogens is 2. The summed E-state index contributed by atoms with van der Waals surface area (Å²) in [7, 11) is 0. The molecule has 2 aromatic rings. The summed E-state index contributed by atoms with van der Waals surface area (Å²) in [6.07, 6.45) is 0. The molecule has 0 aliphatic rings. The average Bonchev–Trinajstić information content (AvgIpc) is 2.75. The van der Waals surface area contributed by atoms with E-state index in [1.807, 2.05) is 30.3 Å². The van der Waals surface area contributed by atoms with Gasteiger partial charge in [-0.15, -0.1) is 0 Å². The van der Waals surface area contributed by atoms with Gasteiger partial charge in [0, 0.05) is 5.56 Å². The molecule has 0 bridgehead atoms. The Bertz CT molecular complexity index is 519. The van der Waals surface area contributed by atoms with Crippen molar-refractivity contribution >= 4 is 5.84 Å². The fourth-order valence-electron chi connectivity index (χ4n) is 1.63. The van der Waals surface area contributed by atoms with Crippen molar-refractivity contribution in [2.45, 2.75) is 6.54 Å². The van der Waals surface area contributed by atoms with Crippen molar-refractivity contribution in [2.24, 2.45) is 5.73 Å². The van der Waals surface area contributed by atoms with Gasteiger partial charge in [0.2, 0.25) is 0 Å². The molecule has 17 heavy (non-hydrogen) atoms. The third kappa shape index (κ3) is 2.33. The molecule has 1 aromatic heterocycles. The smallest absolute Gasteiger partial charge is 0.141 e. The third-order valence-corrected chi connectivity index (χ3v) is 2.42. The number of hydrogen-bond donors (Lipinski definition) is 2. The lowest BCUT2D eigenvalue weighted by Crippen LogP contribution is -2.18. The molecule has 3 N–H and O–H groups in total. The van der Waals surface area contributed by atoms with E-state index in [-0.39, 0.29) is 12.4 Å². The second kappa shape index (κ2) is 4.78. The van der Waals surface area contributed by atoms with Crippen LogP contribution in [0.2, 0.25) is 0 Å². The summed E-state index contributed by atoms with van der Waals surface area (Å²) in [6.45, 7) is -0.419. The molecule has 2 rings (SSSR count). The number of aryl methyl sites for hydroxylation is 1. The minimum Gasteiger partial charge on any atom is -0.382 e. The van der Waals surface area contributed by atoms with Crippen LogP contribution in [0.15, 0.2) is 36.4 Å². The Morgan fingerprint density at radius 2 is 2.06 bits per heavy atom. The van der Waals surface area contributed by atoms with E-state index in [1.165, 1.54) is 4.68 Å². The molecular formula is C12H13FN4. The highest BCUT2D eigenvalue weighted by Crippen LogP contribution is 2.18. The second-order valence-corrected chi connectivity index (χ2v) is 3.61. The van der Waals surface area contributed by atoms with Crippen LogP contribution in [0.25, 0.3) is 11.3 Å². The Kier molecular flexibility index (Phi) is 3.18. The van der Waals surface area contributed by atoms with Crippen LogP contribution in [0.1, 0.15) is 5.69 Å². The van der Waals surface area contributed by atoms with Crippen molar-refractivity contribution < 1.29 is 4.39 Å². The van der Waals surface area contributed by atoms with Gasteiger partial charge in [-0.3, -0.25) is 10.1 Å². The van der Waals surface area contributed by atoms with E-state index in [4.69, 9.17) is 11.1 Å². The maximum Gasteiger partial charge on any atom is 0.141 e. The largest absolute Gasteiger partial charge is 0.382 e. The Morgan fingerprint density at radius 1 is 1.35 bits per heavy atom. The van der Waals surface area contributed by atoms with Gasteiger partial charge in [0.15, 0.2) is 0 Å². The number of nitrogens with two attached hydrogens (primary N) is 1. The number of nitrogen functional groups attached to an aromatic ring is 1. The van der Waals surface area contributed by atoms with E-state index in [1.54, 1.807) is 6.07 Å². The van der Waals surface area contributed by atoms with Gasteiger partial charge in [-0.05, 0) is 6.07 Å². The maximum absolute atomic E-state index is 12.4. The van der Waals surface area contributed by atoms with Crippen molar-refractivity contribution in [3.05, 3.63) is 42.1 Å². The van der Waals surface area contributed by atoms with Crippen LogP contribution in [-0.2, 0) is 6.54 Å². The lowest BCUT2D eigenvalue weighted by Gasteiger charge is -2.01. The van der Waals surface area contributed by atoms with Crippen molar-refractivity contribution in [2.75, 3.05) is 6.67 Å². The first-order valence-corrected chi connectivity index (χ1v) is 5.26. The predicted octanol–water partition coefficient (Wildman–Crippen LogP) is 1.80. The highest BCUT2D eigenvalue weighted by atomic mass is 19.1. The minimum absolute atomic E-state index is 0.104. The molecule has 0 fully saturated rings. The number of alkyl halides is 1. The number of benzene rings is 1. The summed E-state index contributed by atoms with van der Waals surface area (Å²) >= 11 is 0. The number of amidine groups is 1. The first kappa shape index (κ1) is 11.3. The van der Waals surface area contributed by atoms with E-state index in [0.29, 0.717) is 11.4 Å². The summed E-state index contributed by atoms with van der Waals surface area (Å²) < 4.78 is 13.8. The Balaban J connectivity index is 2.44. The van der Waals surface area contributed by atoms with Crippen LogP contribution < -0.4 is 5.73 Å². The van der Waals surface area contributed by atoms with E-state index in [2.05, 4.69) is 5.10 Å². The molecule has 0 saturated heterocycles. The van der Waals surface area contributed by atoms with Crippen molar-refractivity contribution in [3.63, 3.8) is 0 Å². The molecule has 4 nitrogen and oxygen atoms in total. The van der Waals surface area contributed by atoms with Crippen LogP contribution in [0.3, 0.4) is 0 Å². The van der Waals surface area contributed by atoms with Crippen LogP contribution in [0.5, 0.6) is 0 Å². The quantitative estimate of drug-likeness (QED) is 0.623. The van der Waals surface area contributed by atoms with Crippen LogP contribution in [-0.4, -0.2) is 22.3 Å². The Morgan fingerprint density at radius 3 is 2.65 bits per heavy atom. The van der Waals surface area contributed by atoms with Crippen LogP contribution >= 0.6 is 0 Å². The summed E-state index contributed by atoms with van der Waals surface area (Å²) in [5.74, 6) is -0.104. The lowest BCUT2D eigenvalue weighted by atomic mass is 10.1. The number of hydrogen-bond acceptors (Lipinski definition) is 2. The molecular weight excluding hydrogens is 219 g/mol. The van der Waals surface area contributed by atoms with Gasteiger partial charge in [0.1, 0.15) is 18.2 Å². The first-order valence-electron chi connectivity index (χ1n) is 5.26. The molecule has 0 atom stereocenters. The van der Waals surface area contributed by atoms with E-state index in [0.717, 1.165) is 5.56 Å². The number of nitrogens with one attached hydrogen (secondary N) is 1. The van der Waals surface area contributed by atoms with Gasteiger partial charge in [0.25, 0.3) is 0 Å². The monoisotopic (exact) mass is 232 g/mol. The Labute approximate surface area is 98.4 Å². The van der Waals surface area contributed by atoms with Crippen molar-refractivity contribution in [3.8, 4) is 11.3 Å². The second-order valence-electron chi connectivity index (χ2n) is 3.61. The van der Waals surface area contributed by atoms with Gasteiger partial charge in [-0.1, -0.05) is 30.3 Å². The van der Waals surface area contributed by atoms with Crippen molar-refractivity contribution in [1.29, 1.82) is 5.41 Å². The molecule has 0 saturated carbocycles. The molecule has 0 radical (unpaired) electrons. The first-order chi connectivity index (χ1) is 8.22. The summed E-state index contributed by atoms with van der Waals surface area (Å²) in [4.78, 5) is 0. The Hall–Kier alpha value is -2.17. The van der Waals surface area contributed by atoms with Gasteiger partial charge < -0.3 is 5.73 Å². The number of nitrogens with zero attached hydrogens (tertiary/aromatic N) is 2. The van der Waals surface area contributed by atoms with Gasteiger partial charge >= 0.3 is 0 Å². The third-order valence-electron chi connectivity index (χ3n) is 2.42. The zero-order chi connectivity index (χ0) is 12.3. The van der Waals surface area contributed by atoms with E-state index in [9.17, 15) is 4.39 Å². The molecule has 0 aliphatic carbocycles. The number of rotatable bonds is 4. The zero-order valence-electron chi connectivity index (χ0n) is 9.23. The molecule has 1 heterocycles. The van der Waals surface area contributed by atoms with Crippen LogP contribution in [0, 0.1) is 5.41 Å². The van der Waals surface area contributed by atoms with Crippen molar-refractivity contribution in [1.82, 2.24) is 9.78 Å². The molecule has 0 amide bonds. The fourth-order valence-corrected chi connectivity index (χ4v) is 1.63. The van der Waals surface area contributed by atoms with Crippen LogP contribution in [0.4, 0.5) is 4.39 Å². The zero-order valence-corrected chi connectivity index (χ0v) is 9.23. The fraction of sp³-hybridized carbons (Fsp3) is 0.167. The predicted molar refractivity (Wildman–Crippen MR) is 64.7 cm³/mol. The SMILES string of the molecule is N=C(N)c1cc(-c2ccccc2)nn1CCF. The number of halogens is 1. The topological polar surface area (TPSA) is 67.7 Å². The molecule has 0 spiro atoms. The highest BCUT2D eigenvalue weighted by Gasteiger charge is 2.11. The van der Waals surface area contributed by atoms with Gasteiger partial charge in [-0.2, -0.15) is 5.10 Å². The lowest BCUT2D eigenvalue weighted by molar-refractivity contribution is 0.426. The van der Waals surface area contributed by atoms with E-state index >= 15 is 0 Å². The average molecular weight is 232 g/mol. The van der Waals surface area contributed by atoms with Gasteiger partial charge in [-0.25, -0.2) is 4.39 Å².